The maximum atomic E-state index is 12.1. The fraction of sp³-hybridized carbons (Fsp3) is 0.261. The third-order valence-electron chi connectivity index (χ3n) is 4.77. The van der Waals surface area contributed by atoms with Gasteiger partial charge in [-0.25, -0.2) is 9.78 Å². The Kier molecular flexibility index (Phi) is 6.71. The SMILES string of the molecule is COc1ccccc1NC(=O)NCCCNc1[nH+]c2cc(C)cc(C)c2cc1C#N. The van der Waals surface area contributed by atoms with Crippen LogP contribution in [0.15, 0.2) is 42.5 Å². The van der Waals surface area contributed by atoms with Crippen molar-refractivity contribution < 1.29 is 14.5 Å². The molecule has 3 aromatic rings. The smallest absolute Gasteiger partial charge is 0.319 e. The molecule has 154 valence electrons. The number of nitrogens with zero attached hydrogens (tertiary/aromatic N) is 1. The molecule has 0 saturated carbocycles. The van der Waals surface area contributed by atoms with Crippen LogP contribution in [0.25, 0.3) is 10.9 Å². The van der Waals surface area contributed by atoms with Crippen LogP contribution < -0.4 is 25.7 Å². The molecule has 2 amide bonds. The summed E-state index contributed by atoms with van der Waals surface area (Å²) in [6.07, 6.45) is 0.697. The topological polar surface area (TPSA) is 100 Å². The number of methoxy groups -OCH3 is 1. The highest BCUT2D eigenvalue weighted by Crippen LogP contribution is 2.23. The van der Waals surface area contributed by atoms with Gasteiger partial charge in [0.25, 0.3) is 5.82 Å². The molecule has 7 nitrogen and oxygen atoms in total. The fourth-order valence-corrected chi connectivity index (χ4v) is 3.34. The van der Waals surface area contributed by atoms with Gasteiger partial charge in [0.15, 0.2) is 0 Å². The van der Waals surface area contributed by atoms with E-state index in [2.05, 4.69) is 39.1 Å². The van der Waals surface area contributed by atoms with E-state index < -0.39 is 0 Å². The van der Waals surface area contributed by atoms with E-state index in [9.17, 15) is 10.1 Å². The number of hydrogen-bond acceptors (Lipinski definition) is 4. The number of benzene rings is 2. The molecular weight excluding hydrogens is 378 g/mol. The third kappa shape index (κ3) is 4.97. The number of H-pyrrole nitrogens is 1. The number of aromatic nitrogens is 1. The van der Waals surface area contributed by atoms with Gasteiger partial charge in [-0.2, -0.15) is 5.26 Å². The van der Waals surface area contributed by atoms with Crippen LogP contribution >= 0.6 is 0 Å². The van der Waals surface area contributed by atoms with Crippen molar-refractivity contribution in [3.05, 3.63) is 59.2 Å². The number of rotatable bonds is 7. The second-order valence-electron chi connectivity index (χ2n) is 7.07. The zero-order valence-corrected chi connectivity index (χ0v) is 17.4. The first-order chi connectivity index (χ1) is 14.5. The van der Waals surface area contributed by atoms with Gasteiger partial charge >= 0.3 is 6.03 Å². The highest BCUT2D eigenvalue weighted by molar-refractivity contribution is 5.90. The van der Waals surface area contributed by atoms with Crippen LogP contribution in [-0.2, 0) is 0 Å². The Balaban J connectivity index is 1.53. The van der Waals surface area contributed by atoms with Gasteiger partial charge in [0.05, 0.1) is 19.3 Å². The van der Waals surface area contributed by atoms with Crippen LogP contribution in [0.5, 0.6) is 5.75 Å². The molecule has 0 radical (unpaired) electrons. The van der Waals surface area contributed by atoms with Crippen molar-refractivity contribution in [3.8, 4) is 11.8 Å². The molecule has 0 spiro atoms. The molecule has 0 aliphatic rings. The molecular formula is C23H26N5O2+. The molecule has 7 heteroatoms. The molecule has 30 heavy (non-hydrogen) atoms. The fourth-order valence-electron chi connectivity index (χ4n) is 3.34. The summed E-state index contributed by atoms with van der Waals surface area (Å²) in [5.74, 6) is 1.30. The van der Waals surface area contributed by atoms with Gasteiger partial charge in [-0.05, 0) is 49.2 Å². The van der Waals surface area contributed by atoms with Gasteiger partial charge in [-0.1, -0.05) is 18.2 Å². The first kappa shape index (κ1) is 20.9. The lowest BCUT2D eigenvalue weighted by Crippen LogP contribution is -2.30. The van der Waals surface area contributed by atoms with E-state index in [0.29, 0.717) is 42.3 Å². The third-order valence-corrected chi connectivity index (χ3v) is 4.77. The maximum absolute atomic E-state index is 12.1. The summed E-state index contributed by atoms with van der Waals surface area (Å²) in [4.78, 5) is 15.4. The average molecular weight is 404 g/mol. The van der Waals surface area contributed by atoms with E-state index in [-0.39, 0.29) is 6.03 Å². The van der Waals surface area contributed by atoms with Gasteiger partial charge in [0, 0.05) is 18.4 Å². The van der Waals surface area contributed by atoms with Crippen molar-refractivity contribution >= 4 is 28.4 Å². The Labute approximate surface area is 176 Å². The van der Waals surface area contributed by atoms with Crippen LogP contribution in [0.3, 0.4) is 0 Å². The lowest BCUT2D eigenvalue weighted by Gasteiger charge is -2.10. The van der Waals surface area contributed by atoms with Crippen LogP contribution in [-0.4, -0.2) is 26.2 Å². The standard InChI is InChI=1S/C23H25N5O2/c1-15-11-16(2)18-13-17(14-24)22(27-20(18)12-15)25-9-6-10-26-23(29)28-19-7-4-5-8-21(19)30-3/h4-5,7-8,11-13H,6,9-10H2,1-3H3,(H,25,27)(H2,26,28,29)/p+1. The Morgan fingerprint density at radius 3 is 2.73 bits per heavy atom. The lowest BCUT2D eigenvalue weighted by molar-refractivity contribution is -0.327. The number of fused-ring (bicyclic) bond motifs is 1. The minimum atomic E-state index is -0.291. The number of hydrogen-bond donors (Lipinski definition) is 3. The van der Waals surface area contributed by atoms with Crippen LogP contribution in [0.2, 0.25) is 0 Å². The number of carbonyl (C=O) groups is 1. The molecule has 0 atom stereocenters. The second kappa shape index (κ2) is 9.61. The maximum Gasteiger partial charge on any atom is 0.319 e. The Morgan fingerprint density at radius 1 is 1.17 bits per heavy atom. The molecule has 0 aliphatic carbocycles. The normalized spacial score (nSPS) is 10.3. The summed E-state index contributed by atoms with van der Waals surface area (Å²) < 4.78 is 5.22. The van der Waals surface area contributed by atoms with Gasteiger partial charge < -0.3 is 15.4 Å². The van der Waals surface area contributed by atoms with E-state index in [4.69, 9.17) is 4.74 Å². The van der Waals surface area contributed by atoms with Crippen molar-refractivity contribution in [3.63, 3.8) is 0 Å². The lowest BCUT2D eigenvalue weighted by atomic mass is 10.0. The summed E-state index contributed by atoms with van der Waals surface area (Å²) >= 11 is 0. The Bertz CT molecular complexity index is 1100. The van der Waals surface area contributed by atoms with Gasteiger partial charge in [-0.15, -0.1) is 0 Å². The molecule has 2 aromatic carbocycles. The molecule has 1 aromatic heterocycles. The quantitative estimate of drug-likeness (QED) is 0.522. The molecule has 3 rings (SSSR count). The number of pyridine rings is 1. The number of ether oxygens (including phenoxy) is 1. The van der Waals surface area contributed by atoms with Crippen molar-refractivity contribution in [2.45, 2.75) is 20.3 Å². The number of nitrogens with one attached hydrogen (secondary N) is 4. The zero-order valence-electron chi connectivity index (χ0n) is 17.4. The number of nitriles is 1. The van der Waals surface area contributed by atoms with Crippen LogP contribution in [0, 0.1) is 25.2 Å². The second-order valence-corrected chi connectivity index (χ2v) is 7.07. The minimum Gasteiger partial charge on any atom is -0.495 e. The zero-order chi connectivity index (χ0) is 21.5. The summed E-state index contributed by atoms with van der Waals surface area (Å²) in [7, 11) is 1.56. The van der Waals surface area contributed by atoms with Gasteiger partial charge in [0.2, 0.25) is 0 Å². The molecule has 0 bridgehead atoms. The highest BCUT2D eigenvalue weighted by Gasteiger charge is 2.14. The molecule has 0 aliphatic heterocycles. The summed E-state index contributed by atoms with van der Waals surface area (Å²) in [6, 6.07) is 15.3. The predicted molar refractivity (Wildman–Crippen MR) is 118 cm³/mol. The largest absolute Gasteiger partial charge is 0.495 e. The molecule has 1 heterocycles. The van der Waals surface area contributed by atoms with E-state index in [1.807, 2.05) is 32.0 Å². The number of carbonyl (C=O) groups excluding carboxylic acids is 1. The van der Waals surface area contributed by atoms with E-state index in [1.54, 1.807) is 19.2 Å². The van der Waals surface area contributed by atoms with E-state index >= 15 is 0 Å². The molecule has 0 saturated heterocycles. The molecule has 4 N–H and O–H groups in total. The monoisotopic (exact) mass is 404 g/mol. The number of anilines is 2. The highest BCUT2D eigenvalue weighted by atomic mass is 16.5. The number of aromatic amines is 1. The summed E-state index contributed by atoms with van der Waals surface area (Å²) in [5.41, 5.74) is 4.47. The molecule has 0 unspecified atom stereocenters. The number of amides is 2. The Morgan fingerprint density at radius 2 is 1.97 bits per heavy atom. The van der Waals surface area contributed by atoms with Crippen molar-refractivity contribution in [1.29, 1.82) is 5.26 Å². The number of aryl methyl sites for hydroxylation is 2. The van der Waals surface area contributed by atoms with Crippen LogP contribution in [0.1, 0.15) is 23.1 Å². The first-order valence-corrected chi connectivity index (χ1v) is 9.81. The van der Waals surface area contributed by atoms with Gasteiger partial charge in [0.1, 0.15) is 22.9 Å². The summed E-state index contributed by atoms with van der Waals surface area (Å²) in [5, 5.41) is 19.4. The van der Waals surface area contributed by atoms with E-state index in [0.717, 1.165) is 22.0 Å². The van der Waals surface area contributed by atoms with Crippen molar-refractivity contribution in [2.24, 2.45) is 0 Å². The van der Waals surface area contributed by atoms with Gasteiger partial charge in [-0.3, -0.25) is 5.32 Å². The average Bonchev–Trinajstić information content (AvgIpc) is 2.73. The minimum absolute atomic E-state index is 0.291. The summed E-state index contributed by atoms with van der Waals surface area (Å²) in [6.45, 7) is 5.19. The first-order valence-electron chi connectivity index (χ1n) is 9.81. The molecule has 0 fully saturated rings. The number of para-hydroxylation sites is 2. The van der Waals surface area contributed by atoms with Crippen LogP contribution in [0.4, 0.5) is 16.3 Å². The van der Waals surface area contributed by atoms with Crippen molar-refractivity contribution in [2.75, 3.05) is 30.8 Å². The van der Waals surface area contributed by atoms with Crippen molar-refractivity contribution in [1.82, 2.24) is 5.32 Å². The Hall–Kier alpha value is -3.79. The number of urea groups is 1. The van der Waals surface area contributed by atoms with E-state index in [1.165, 1.54) is 0 Å². The predicted octanol–water partition coefficient (Wildman–Crippen LogP) is 3.77.